The topological polar surface area (TPSA) is 182 Å². The molecule has 4 unspecified atom stereocenters. The highest BCUT2D eigenvalue weighted by molar-refractivity contribution is 5.83. The first-order valence-electron chi connectivity index (χ1n) is 6.12. The molecule has 0 aliphatic rings. The van der Waals surface area contributed by atoms with Gasteiger partial charge < -0.3 is 36.4 Å². The Labute approximate surface area is 125 Å². The summed E-state index contributed by atoms with van der Waals surface area (Å²) in [4.78, 5) is 19.5. The van der Waals surface area contributed by atoms with Crippen molar-refractivity contribution in [2.45, 2.75) is 31.3 Å². The quantitative estimate of drug-likeness (QED) is 0.345. The number of aliphatic carboxylic acids is 2. The molecule has 0 aromatic heterocycles. The summed E-state index contributed by atoms with van der Waals surface area (Å²) in [5.74, 6) is -3.35. The number of carboxylic acids is 2. The van der Waals surface area contributed by atoms with Crippen LogP contribution in [0.3, 0.4) is 0 Å². The lowest BCUT2D eigenvalue weighted by molar-refractivity contribution is -0.165. The fourth-order valence-electron chi connectivity index (χ4n) is 1.25. The van der Waals surface area contributed by atoms with Crippen LogP contribution < -0.4 is 5.73 Å². The van der Waals surface area contributed by atoms with E-state index in [1.165, 1.54) is 12.1 Å². The zero-order valence-corrected chi connectivity index (χ0v) is 11.7. The molecule has 0 saturated carbocycles. The van der Waals surface area contributed by atoms with E-state index in [4.69, 9.17) is 31.3 Å². The number of aliphatic hydroxyl groups excluding tert-OH is 3. The van der Waals surface area contributed by atoms with Crippen molar-refractivity contribution in [1.29, 1.82) is 0 Å². The minimum absolute atomic E-state index is 0.190. The lowest BCUT2D eigenvalue weighted by Gasteiger charge is -2.14. The number of aromatic hydroxyl groups is 1. The Bertz CT molecular complexity index is 469. The minimum Gasteiger partial charge on any atom is -0.508 e. The van der Waals surface area contributed by atoms with Gasteiger partial charge in [-0.3, -0.25) is 0 Å². The van der Waals surface area contributed by atoms with Crippen LogP contribution in [0.25, 0.3) is 0 Å². The Morgan fingerprint density at radius 2 is 1.32 bits per heavy atom. The van der Waals surface area contributed by atoms with Gasteiger partial charge in [0.1, 0.15) is 5.75 Å². The van der Waals surface area contributed by atoms with Crippen LogP contribution in [0.4, 0.5) is 0 Å². The summed E-state index contributed by atoms with van der Waals surface area (Å²) in [6, 6.07) is 6.07. The van der Waals surface area contributed by atoms with Crippen LogP contribution in [0.2, 0.25) is 0 Å². The second kappa shape index (κ2) is 8.95. The number of carbonyl (C=O) groups is 2. The third-order valence-corrected chi connectivity index (χ3v) is 2.54. The molecule has 124 valence electrons. The van der Waals surface area contributed by atoms with Crippen LogP contribution >= 0.6 is 0 Å². The van der Waals surface area contributed by atoms with Gasteiger partial charge >= 0.3 is 11.9 Å². The number of rotatable bonds is 5. The first-order chi connectivity index (χ1) is 10.1. The summed E-state index contributed by atoms with van der Waals surface area (Å²) < 4.78 is 0. The maximum Gasteiger partial charge on any atom is 0.335 e. The fraction of sp³-hybridized carbons (Fsp3) is 0.385. The van der Waals surface area contributed by atoms with E-state index in [9.17, 15) is 14.7 Å². The molecule has 0 bridgehead atoms. The third-order valence-electron chi connectivity index (χ3n) is 2.54. The molecule has 4 atom stereocenters. The maximum atomic E-state index is 9.77. The molecule has 0 saturated heterocycles. The van der Waals surface area contributed by atoms with Crippen LogP contribution in [0, 0.1) is 0 Å². The molecule has 1 aromatic carbocycles. The first-order valence-corrected chi connectivity index (χ1v) is 6.12. The van der Waals surface area contributed by atoms with Crippen molar-refractivity contribution >= 4 is 11.9 Å². The Hall–Kier alpha value is -2.20. The van der Waals surface area contributed by atoms with Gasteiger partial charge in [-0.05, 0) is 24.6 Å². The number of aliphatic hydroxyl groups is 3. The van der Waals surface area contributed by atoms with Gasteiger partial charge in [-0.1, -0.05) is 12.1 Å². The molecule has 0 spiro atoms. The molecule has 8 N–H and O–H groups in total. The molecule has 22 heavy (non-hydrogen) atoms. The molecule has 9 heteroatoms. The Morgan fingerprint density at radius 1 is 0.955 bits per heavy atom. The van der Waals surface area contributed by atoms with E-state index >= 15 is 0 Å². The first kappa shape index (κ1) is 19.8. The molecule has 0 aliphatic carbocycles. The van der Waals surface area contributed by atoms with Crippen LogP contribution in [0.5, 0.6) is 5.75 Å². The summed E-state index contributed by atoms with van der Waals surface area (Å²) in [5.41, 5.74) is 6.22. The van der Waals surface area contributed by atoms with Crippen molar-refractivity contribution in [1.82, 2.24) is 0 Å². The van der Waals surface area contributed by atoms with Gasteiger partial charge in [-0.25, -0.2) is 9.59 Å². The van der Waals surface area contributed by atoms with E-state index in [0.29, 0.717) is 0 Å². The average molecular weight is 317 g/mol. The number of phenols is 1. The van der Waals surface area contributed by atoms with E-state index in [-0.39, 0.29) is 11.8 Å². The predicted molar refractivity (Wildman–Crippen MR) is 74.0 cm³/mol. The van der Waals surface area contributed by atoms with Crippen LogP contribution in [0.1, 0.15) is 18.6 Å². The smallest absolute Gasteiger partial charge is 0.335 e. The summed E-state index contributed by atoms with van der Waals surface area (Å²) in [6.45, 7) is 1.73. The molecular formula is C13H19NO8. The van der Waals surface area contributed by atoms with Gasteiger partial charge in [0.2, 0.25) is 0 Å². The summed E-state index contributed by atoms with van der Waals surface area (Å²) >= 11 is 0. The molecule has 0 amide bonds. The van der Waals surface area contributed by atoms with Crippen LogP contribution in [-0.4, -0.2) is 60.8 Å². The highest BCUT2D eigenvalue weighted by Crippen LogP contribution is 2.18. The SMILES string of the molecule is CC(N)C(O)c1ccc(O)cc1.O=C(O)C(O)C(O)C(=O)O. The molecule has 0 aliphatic heterocycles. The molecule has 9 nitrogen and oxygen atoms in total. The van der Waals surface area contributed by atoms with E-state index in [2.05, 4.69) is 0 Å². The van der Waals surface area contributed by atoms with Gasteiger partial charge in [0.15, 0.2) is 12.2 Å². The lowest BCUT2D eigenvalue weighted by atomic mass is 10.0. The van der Waals surface area contributed by atoms with Crippen molar-refractivity contribution in [3.63, 3.8) is 0 Å². The second-order valence-electron chi connectivity index (χ2n) is 4.46. The van der Waals surface area contributed by atoms with Crippen molar-refractivity contribution < 1.29 is 40.2 Å². The number of phenolic OH excluding ortho intramolecular Hbond substituents is 1. The highest BCUT2D eigenvalue weighted by atomic mass is 16.4. The minimum atomic E-state index is -2.27. The summed E-state index contributed by atoms with van der Waals surface area (Å²) in [7, 11) is 0. The summed E-state index contributed by atoms with van der Waals surface area (Å²) in [5, 5.41) is 51.0. The van der Waals surface area contributed by atoms with Gasteiger partial charge in [0, 0.05) is 6.04 Å². The largest absolute Gasteiger partial charge is 0.508 e. The molecule has 0 fully saturated rings. The van der Waals surface area contributed by atoms with Gasteiger partial charge in [-0.15, -0.1) is 0 Å². The van der Waals surface area contributed by atoms with E-state index < -0.39 is 30.3 Å². The Kier molecular flexibility index (Phi) is 8.05. The zero-order valence-electron chi connectivity index (χ0n) is 11.7. The Morgan fingerprint density at radius 3 is 1.59 bits per heavy atom. The molecule has 1 rings (SSSR count). The lowest BCUT2D eigenvalue weighted by Crippen LogP contribution is -2.39. The van der Waals surface area contributed by atoms with Crippen molar-refractivity contribution in [3.05, 3.63) is 29.8 Å². The molecular weight excluding hydrogens is 298 g/mol. The van der Waals surface area contributed by atoms with Crippen LogP contribution in [-0.2, 0) is 9.59 Å². The molecule has 0 radical (unpaired) electrons. The van der Waals surface area contributed by atoms with E-state index in [1.807, 2.05) is 0 Å². The average Bonchev–Trinajstić information content (AvgIpc) is 2.46. The number of benzene rings is 1. The van der Waals surface area contributed by atoms with Gasteiger partial charge in [-0.2, -0.15) is 0 Å². The number of nitrogens with two attached hydrogens (primary N) is 1. The monoisotopic (exact) mass is 317 g/mol. The van der Waals surface area contributed by atoms with Crippen molar-refractivity contribution in [3.8, 4) is 5.75 Å². The highest BCUT2D eigenvalue weighted by Gasteiger charge is 2.29. The van der Waals surface area contributed by atoms with E-state index in [0.717, 1.165) is 5.56 Å². The zero-order chi connectivity index (χ0) is 17.4. The van der Waals surface area contributed by atoms with Crippen molar-refractivity contribution in [2.24, 2.45) is 5.73 Å². The van der Waals surface area contributed by atoms with Gasteiger partial charge in [0.25, 0.3) is 0 Å². The predicted octanol–water partition coefficient (Wildman–Crippen LogP) is -1.35. The number of hydrogen-bond acceptors (Lipinski definition) is 7. The number of hydrogen-bond donors (Lipinski definition) is 7. The Balaban J connectivity index is 0.000000409. The van der Waals surface area contributed by atoms with Crippen molar-refractivity contribution in [2.75, 3.05) is 0 Å². The second-order valence-corrected chi connectivity index (χ2v) is 4.46. The fourth-order valence-corrected chi connectivity index (χ4v) is 1.25. The third kappa shape index (κ3) is 6.50. The van der Waals surface area contributed by atoms with E-state index in [1.54, 1.807) is 19.1 Å². The normalized spacial score (nSPS) is 15.7. The number of carboxylic acid groups (broad SMARTS) is 2. The molecule has 0 heterocycles. The standard InChI is InChI=1S/C9H13NO2.C4H6O6/c1-6(10)9(12)7-2-4-8(11)5-3-7;5-1(3(7)8)2(6)4(9)10/h2-6,9,11-12H,10H2,1H3;1-2,5-6H,(H,7,8)(H,9,10). The molecule has 1 aromatic rings. The maximum absolute atomic E-state index is 9.77. The van der Waals surface area contributed by atoms with Gasteiger partial charge in [0.05, 0.1) is 6.10 Å². The summed E-state index contributed by atoms with van der Waals surface area (Å²) in [6.07, 6.45) is -5.19. The van der Waals surface area contributed by atoms with Crippen LogP contribution in [0.15, 0.2) is 24.3 Å².